The van der Waals surface area contributed by atoms with Crippen LogP contribution in [0.3, 0.4) is 0 Å². The number of hydrogen-bond acceptors (Lipinski definition) is 7. The third kappa shape index (κ3) is 3.06. The first-order valence-corrected chi connectivity index (χ1v) is 4.31. The number of methoxy groups -OCH3 is 1. The molecule has 0 aliphatic carbocycles. The molecule has 1 aromatic heterocycles. The van der Waals surface area contributed by atoms with Gasteiger partial charge in [-0.2, -0.15) is 4.98 Å². The van der Waals surface area contributed by atoms with Crippen molar-refractivity contribution in [2.75, 3.05) is 17.9 Å². The summed E-state index contributed by atoms with van der Waals surface area (Å²) in [4.78, 5) is 18.9. The first-order chi connectivity index (χ1) is 7.17. The molecule has 0 aliphatic heterocycles. The molecule has 7 nitrogen and oxygen atoms in total. The molecule has 0 saturated carbocycles. The Bertz CT molecular complexity index is 344. The highest BCUT2D eigenvalue weighted by molar-refractivity contribution is 5.78. The van der Waals surface area contributed by atoms with E-state index in [2.05, 4.69) is 25.4 Å². The second-order valence-electron chi connectivity index (χ2n) is 2.80. The lowest BCUT2D eigenvalue weighted by molar-refractivity contribution is -0.141. The fourth-order valence-corrected chi connectivity index (χ4v) is 0.966. The fourth-order valence-electron chi connectivity index (χ4n) is 0.966. The summed E-state index contributed by atoms with van der Waals surface area (Å²) in [5.41, 5.74) is 2.31. The Morgan fingerprint density at radius 2 is 2.40 bits per heavy atom. The zero-order valence-corrected chi connectivity index (χ0v) is 8.52. The Morgan fingerprint density at radius 1 is 1.67 bits per heavy atom. The van der Waals surface area contributed by atoms with Crippen LogP contribution in [0.5, 0.6) is 0 Å². The van der Waals surface area contributed by atoms with Crippen LogP contribution in [0.2, 0.25) is 0 Å². The van der Waals surface area contributed by atoms with Crippen molar-refractivity contribution in [1.82, 2.24) is 9.97 Å². The lowest BCUT2D eigenvalue weighted by Gasteiger charge is -2.12. The van der Waals surface area contributed by atoms with Crippen LogP contribution < -0.4 is 16.6 Å². The van der Waals surface area contributed by atoms with E-state index in [9.17, 15) is 4.79 Å². The van der Waals surface area contributed by atoms with E-state index in [0.717, 1.165) is 0 Å². The van der Waals surface area contributed by atoms with Crippen molar-refractivity contribution in [2.24, 2.45) is 5.84 Å². The molecule has 0 aliphatic rings. The number of hydrazine groups is 1. The van der Waals surface area contributed by atoms with Crippen LogP contribution in [0, 0.1) is 0 Å². The number of hydrogen-bond donors (Lipinski definition) is 3. The molecule has 0 bridgehead atoms. The van der Waals surface area contributed by atoms with Crippen molar-refractivity contribution < 1.29 is 9.53 Å². The average molecular weight is 211 g/mol. The van der Waals surface area contributed by atoms with Gasteiger partial charge in [0, 0.05) is 6.20 Å². The molecule has 0 saturated heterocycles. The summed E-state index contributed by atoms with van der Waals surface area (Å²) >= 11 is 0. The predicted molar refractivity (Wildman–Crippen MR) is 54.9 cm³/mol. The van der Waals surface area contributed by atoms with Crippen LogP contribution in [0.1, 0.15) is 6.92 Å². The van der Waals surface area contributed by atoms with Gasteiger partial charge in [-0.05, 0) is 13.0 Å². The fraction of sp³-hybridized carbons (Fsp3) is 0.375. The number of ether oxygens (including phenoxy) is 1. The maximum Gasteiger partial charge on any atom is 0.328 e. The van der Waals surface area contributed by atoms with E-state index >= 15 is 0 Å². The number of nitrogens with zero attached hydrogens (tertiary/aromatic N) is 2. The molecule has 82 valence electrons. The summed E-state index contributed by atoms with van der Waals surface area (Å²) in [6.07, 6.45) is 1.52. The first-order valence-electron chi connectivity index (χ1n) is 4.31. The molecule has 0 aromatic carbocycles. The number of rotatable bonds is 4. The van der Waals surface area contributed by atoms with Gasteiger partial charge >= 0.3 is 5.97 Å². The Labute approximate surface area is 87.0 Å². The molecule has 0 spiro atoms. The van der Waals surface area contributed by atoms with Crippen molar-refractivity contribution in [2.45, 2.75) is 13.0 Å². The number of carbonyl (C=O) groups excluding carboxylic acids is 1. The third-order valence-corrected chi connectivity index (χ3v) is 1.70. The number of esters is 1. The minimum atomic E-state index is -0.476. The van der Waals surface area contributed by atoms with Gasteiger partial charge in [0.1, 0.15) is 11.9 Å². The third-order valence-electron chi connectivity index (χ3n) is 1.70. The van der Waals surface area contributed by atoms with Crippen molar-refractivity contribution >= 4 is 17.7 Å². The zero-order valence-electron chi connectivity index (χ0n) is 8.52. The molecule has 1 atom stereocenters. The van der Waals surface area contributed by atoms with Crippen LogP contribution in [-0.2, 0) is 9.53 Å². The Balaban J connectivity index is 2.67. The number of carbonyl (C=O) groups is 1. The van der Waals surface area contributed by atoms with Gasteiger partial charge in [-0.3, -0.25) is 5.43 Å². The lowest BCUT2D eigenvalue weighted by atomic mass is 10.3. The Hall–Kier alpha value is -1.89. The van der Waals surface area contributed by atoms with Crippen LogP contribution in [-0.4, -0.2) is 29.1 Å². The molecule has 1 unspecified atom stereocenters. The molecule has 0 radical (unpaired) electrons. The van der Waals surface area contributed by atoms with Crippen molar-refractivity contribution in [3.05, 3.63) is 12.3 Å². The summed E-state index contributed by atoms with van der Waals surface area (Å²) in [7, 11) is 1.33. The molecule has 1 rings (SSSR count). The van der Waals surface area contributed by atoms with Gasteiger partial charge in [0.15, 0.2) is 0 Å². The Morgan fingerprint density at radius 3 is 3.00 bits per heavy atom. The number of aromatic nitrogens is 2. The van der Waals surface area contributed by atoms with Crippen LogP contribution in [0.4, 0.5) is 11.8 Å². The molecule has 0 fully saturated rings. The first kappa shape index (κ1) is 11.2. The molecule has 1 heterocycles. The number of nitrogens with two attached hydrogens (primary N) is 1. The maximum absolute atomic E-state index is 11.1. The molecular formula is C8H13N5O2. The average Bonchev–Trinajstić information content (AvgIpc) is 2.28. The highest BCUT2D eigenvalue weighted by Gasteiger charge is 2.12. The molecular weight excluding hydrogens is 198 g/mol. The van der Waals surface area contributed by atoms with Gasteiger partial charge in [-0.25, -0.2) is 15.6 Å². The second-order valence-corrected chi connectivity index (χ2v) is 2.80. The highest BCUT2D eigenvalue weighted by atomic mass is 16.5. The number of nitrogens with one attached hydrogen (secondary N) is 2. The minimum Gasteiger partial charge on any atom is -0.467 e. The van der Waals surface area contributed by atoms with Gasteiger partial charge in [0.25, 0.3) is 0 Å². The predicted octanol–water partition coefficient (Wildman–Crippen LogP) is -0.264. The summed E-state index contributed by atoms with van der Waals surface area (Å²) in [6.45, 7) is 1.67. The highest BCUT2D eigenvalue weighted by Crippen LogP contribution is 2.06. The summed E-state index contributed by atoms with van der Waals surface area (Å²) in [5.74, 6) is 5.55. The SMILES string of the molecule is COC(=O)C(C)Nc1ccnc(NN)n1. The normalized spacial score (nSPS) is 11.7. The van der Waals surface area contributed by atoms with Crippen molar-refractivity contribution in [3.8, 4) is 0 Å². The molecule has 15 heavy (non-hydrogen) atoms. The smallest absolute Gasteiger partial charge is 0.328 e. The van der Waals surface area contributed by atoms with Crippen LogP contribution in [0.25, 0.3) is 0 Å². The quantitative estimate of drug-likeness (QED) is 0.358. The minimum absolute atomic E-state index is 0.275. The summed E-state index contributed by atoms with van der Waals surface area (Å²) in [5, 5.41) is 2.85. The number of nitrogen functional groups attached to an aromatic ring is 1. The van der Waals surface area contributed by atoms with E-state index in [1.165, 1.54) is 13.3 Å². The van der Waals surface area contributed by atoms with Gasteiger partial charge in [0.05, 0.1) is 7.11 Å². The maximum atomic E-state index is 11.1. The van der Waals surface area contributed by atoms with Gasteiger partial charge < -0.3 is 10.1 Å². The largest absolute Gasteiger partial charge is 0.467 e. The van der Waals surface area contributed by atoms with Crippen LogP contribution >= 0.6 is 0 Å². The summed E-state index contributed by atoms with van der Waals surface area (Å²) < 4.78 is 4.56. The van der Waals surface area contributed by atoms with E-state index in [0.29, 0.717) is 5.82 Å². The monoisotopic (exact) mass is 211 g/mol. The zero-order chi connectivity index (χ0) is 11.3. The molecule has 1 aromatic rings. The second kappa shape index (κ2) is 5.11. The van der Waals surface area contributed by atoms with E-state index in [-0.39, 0.29) is 11.9 Å². The van der Waals surface area contributed by atoms with E-state index in [1.54, 1.807) is 13.0 Å². The lowest BCUT2D eigenvalue weighted by Crippen LogP contribution is -2.27. The van der Waals surface area contributed by atoms with Crippen LogP contribution in [0.15, 0.2) is 12.3 Å². The molecule has 0 amide bonds. The van der Waals surface area contributed by atoms with Gasteiger partial charge in [-0.15, -0.1) is 0 Å². The van der Waals surface area contributed by atoms with E-state index < -0.39 is 6.04 Å². The summed E-state index contributed by atoms with van der Waals surface area (Å²) in [6, 6.07) is 1.15. The van der Waals surface area contributed by atoms with Gasteiger partial charge in [-0.1, -0.05) is 0 Å². The molecule has 7 heteroatoms. The Kier molecular flexibility index (Phi) is 3.81. The standard InChI is InChI=1S/C8H13N5O2/c1-5(7(14)15-2)11-6-3-4-10-8(12-6)13-9/h3-5H,9H2,1-2H3,(H2,10,11,12,13). The van der Waals surface area contributed by atoms with Crippen molar-refractivity contribution in [1.29, 1.82) is 0 Å². The van der Waals surface area contributed by atoms with E-state index in [1.807, 2.05) is 0 Å². The van der Waals surface area contributed by atoms with Crippen molar-refractivity contribution in [3.63, 3.8) is 0 Å². The van der Waals surface area contributed by atoms with Gasteiger partial charge in [0.2, 0.25) is 5.95 Å². The molecule has 4 N–H and O–H groups in total. The van der Waals surface area contributed by atoms with E-state index in [4.69, 9.17) is 5.84 Å². The topological polar surface area (TPSA) is 102 Å². The number of anilines is 2.